The fourth-order valence-corrected chi connectivity index (χ4v) is 3.14. The van der Waals surface area contributed by atoms with E-state index in [1.165, 1.54) is 20.0 Å². The lowest BCUT2D eigenvalue weighted by molar-refractivity contribution is -0.147. The lowest BCUT2D eigenvalue weighted by atomic mass is 9.96. The van der Waals surface area contributed by atoms with Crippen LogP contribution in [0.2, 0.25) is 0 Å². The van der Waals surface area contributed by atoms with Gasteiger partial charge in [0.25, 0.3) is 0 Å². The van der Waals surface area contributed by atoms with Crippen molar-refractivity contribution in [2.24, 2.45) is 11.7 Å². The van der Waals surface area contributed by atoms with Gasteiger partial charge in [0.05, 0.1) is 7.11 Å². The number of esters is 1. The second-order valence-electron chi connectivity index (χ2n) is 5.76. The van der Waals surface area contributed by atoms with Crippen molar-refractivity contribution in [3.05, 3.63) is 0 Å². The molecule has 17 heavy (non-hydrogen) atoms. The normalized spacial score (nSPS) is 36.1. The second kappa shape index (κ2) is 4.94. The maximum Gasteiger partial charge on any atom is 0.325 e. The van der Waals surface area contributed by atoms with Crippen LogP contribution in [0.4, 0.5) is 0 Å². The molecule has 2 rings (SSSR count). The van der Waals surface area contributed by atoms with E-state index in [0.717, 1.165) is 38.3 Å². The van der Waals surface area contributed by atoms with Crippen LogP contribution in [-0.2, 0) is 9.53 Å². The highest BCUT2D eigenvalue weighted by molar-refractivity contribution is 5.81. The molecular formula is C13H24N2O2. The van der Waals surface area contributed by atoms with Crippen molar-refractivity contribution in [1.82, 2.24) is 4.90 Å². The van der Waals surface area contributed by atoms with E-state index in [1.54, 1.807) is 0 Å². The topological polar surface area (TPSA) is 55.6 Å². The monoisotopic (exact) mass is 240 g/mol. The maximum atomic E-state index is 11.7. The van der Waals surface area contributed by atoms with Gasteiger partial charge in [-0.15, -0.1) is 0 Å². The Balaban J connectivity index is 1.91. The summed E-state index contributed by atoms with van der Waals surface area (Å²) in [5.74, 6) is 0.598. The van der Waals surface area contributed by atoms with Crippen LogP contribution in [0.15, 0.2) is 0 Å². The molecule has 1 saturated heterocycles. The zero-order chi connectivity index (χ0) is 12.5. The number of nitrogens with zero attached hydrogens (tertiary/aromatic N) is 1. The summed E-state index contributed by atoms with van der Waals surface area (Å²) < 4.78 is 4.81. The summed E-state index contributed by atoms with van der Waals surface area (Å²) in [7, 11) is 1.42. The second-order valence-corrected chi connectivity index (χ2v) is 5.76. The Labute approximate surface area is 103 Å². The van der Waals surface area contributed by atoms with Crippen molar-refractivity contribution in [1.29, 1.82) is 0 Å². The lowest BCUT2D eigenvalue weighted by Crippen LogP contribution is -2.48. The number of carbonyl (C=O) groups is 1. The first-order valence-corrected chi connectivity index (χ1v) is 6.66. The minimum Gasteiger partial charge on any atom is -0.468 e. The molecule has 0 aromatic carbocycles. The number of piperidine rings is 1. The first-order chi connectivity index (χ1) is 8.05. The predicted molar refractivity (Wildman–Crippen MR) is 66.5 cm³/mol. The highest BCUT2D eigenvalue weighted by Gasteiger charge is 2.44. The van der Waals surface area contributed by atoms with Crippen molar-refractivity contribution >= 4 is 5.97 Å². The van der Waals surface area contributed by atoms with Crippen LogP contribution in [0.3, 0.4) is 0 Å². The van der Waals surface area contributed by atoms with Crippen LogP contribution < -0.4 is 5.73 Å². The Morgan fingerprint density at radius 2 is 2.00 bits per heavy atom. The number of ether oxygens (including phenoxy) is 1. The third-order valence-electron chi connectivity index (χ3n) is 4.45. The van der Waals surface area contributed by atoms with E-state index >= 15 is 0 Å². The van der Waals surface area contributed by atoms with E-state index in [1.807, 2.05) is 0 Å². The smallest absolute Gasteiger partial charge is 0.325 e. The minimum atomic E-state index is -0.734. The molecule has 1 saturated carbocycles. The molecule has 1 heterocycles. The Morgan fingerprint density at radius 1 is 1.35 bits per heavy atom. The fraction of sp³-hybridized carbons (Fsp3) is 0.923. The number of methoxy groups -OCH3 is 1. The number of rotatable bonds is 2. The summed E-state index contributed by atoms with van der Waals surface area (Å²) in [6, 6.07) is 0.478. The largest absolute Gasteiger partial charge is 0.468 e. The van der Waals surface area contributed by atoms with Crippen LogP contribution in [0.1, 0.15) is 39.0 Å². The van der Waals surface area contributed by atoms with Gasteiger partial charge in [0.15, 0.2) is 0 Å². The van der Waals surface area contributed by atoms with Crippen LogP contribution in [0.25, 0.3) is 0 Å². The van der Waals surface area contributed by atoms with E-state index in [2.05, 4.69) is 11.8 Å². The average Bonchev–Trinajstić information content (AvgIpc) is 2.73. The molecule has 0 bridgehead atoms. The number of nitrogens with two attached hydrogens (primary N) is 1. The van der Waals surface area contributed by atoms with Crippen LogP contribution in [-0.4, -0.2) is 42.6 Å². The van der Waals surface area contributed by atoms with Crippen molar-refractivity contribution < 1.29 is 9.53 Å². The van der Waals surface area contributed by atoms with Gasteiger partial charge in [-0.1, -0.05) is 6.92 Å². The van der Waals surface area contributed by atoms with Gasteiger partial charge in [-0.3, -0.25) is 4.79 Å². The summed E-state index contributed by atoms with van der Waals surface area (Å²) in [5.41, 5.74) is 5.40. The molecule has 1 aliphatic heterocycles. The number of hydrogen-bond acceptors (Lipinski definition) is 4. The first kappa shape index (κ1) is 12.8. The molecule has 0 aromatic heterocycles. The quantitative estimate of drug-likeness (QED) is 0.735. The Kier molecular flexibility index (Phi) is 3.73. The standard InChI is InChI=1S/C13H24N2O2/c1-10-4-7-15(8-5-10)11-3-6-13(14,9-11)12(16)17-2/h10-11H,3-9,14H2,1-2H3. The fourth-order valence-electron chi connectivity index (χ4n) is 3.14. The molecule has 0 amide bonds. The lowest BCUT2D eigenvalue weighted by Gasteiger charge is -2.35. The molecule has 0 aromatic rings. The van der Waals surface area contributed by atoms with Gasteiger partial charge < -0.3 is 15.4 Å². The van der Waals surface area contributed by atoms with Crippen molar-refractivity contribution in [3.8, 4) is 0 Å². The van der Waals surface area contributed by atoms with Gasteiger partial charge in [0, 0.05) is 6.04 Å². The van der Waals surface area contributed by atoms with E-state index in [4.69, 9.17) is 10.5 Å². The summed E-state index contributed by atoms with van der Waals surface area (Å²) >= 11 is 0. The Morgan fingerprint density at radius 3 is 2.59 bits per heavy atom. The third kappa shape index (κ3) is 2.63. The van der Waals surface area contributed by atoms with Crippen molar-refractivity contribution in [2.75, 3.05) is 20.2 Å². The van der Waals surface area contributed by atoms with Gasteiger partial charge in [0.1, 0.15) is 5.54 Å². The highest BCUT2D eigenvalue weighted by Crippen LogP contribution is 2.34. The molecule has 2 N–H and O–H groups in total. The van der Waals surface area contributed by atoms with Gasteiger partial charge in [-0.25, -0.2) is 0 Å². The van der Waals surface area contributed by atoms with Crippen LogP contribution >= 0.6 is 0 Å². The molecule has 98 valence electrons. The zero-order valence-corrected chi connectivity index (χ0v) is 10.9. The molecule has 2 fully saturated rings. The third-order valence-corrected chi connectivity index (χ3v) is 4.45. The van der Waals surface area contributed by atoms with Gasteiger partial charge in [-0.2, -0.15) is 0 Å². The summed E-state index contributed by atoms with van der Waals surface area (Å²) in [6.07, 6.45) is 5.09. The number of carbonyl (C=O) groups excluding carboxylic acids is 1. The van der Waals surface area contributed by atoms with Crippen LogP contribution in [0, 0.1) is 5.92 Å². The van der Waals surface area contributed by atoms with E-state index in [9.17, 15) is 4.79 Å². The molecule has 2 unspecified atom stereocenters. The summed E-state index contributed by atoms with van der Waals surface area (Å²) in [5, 5.41) is 0. The van der Waals surface area contributed by atoms with E-state index in [0.29, 0.717) is 6.04 Å². The molecule has 4 heteroatoms. The zero-order valence-electron chi connectivity index (χ0n) is 10.9. The SMILES string of the molecule is COC(=O)C1(N)CCC(N2CCC(C)CC2)C1. The molecular weight excluding hydrogens is 216 g/mol. The predicted octanol–water partition coefficient (Wildman–Crippen LogP) is 1.14. The minimum absolute atomic E-state index is 0.245. The van der Waals surface area contributed by atoms with E-state index < -0.39 is 5.54 Å². The molecule has 2 aliphatic rings. The highest BCUT2D eigenvalue weighted by atomic mass is 16.5. The first-order valence-electron chi connectivity index (χ1n) is 6.66. The molecule has 4 nitrogen and oxygen atoms in total. The van der Waals surface area contributed by atoms with Gasteiger partial charge in [-0.05, 0) is 51.1 Å². The maximum absolute atomic E-state index is 11.7. The van der Waals surface area contributed by atoms with Gasteiger partial charge >= 0.3 is 5.97 Å². The van der Waals surface area contributed by atoms with Crippen LogP contribution in [0.5, 0.6) is 0 Å². The molecule has 2 atom stereocenters. The summed E-state index contributed by atoms with van der Waals surface area (Å²) in [6.45, 7) is 4.62. The van der Waals surface area contributed by atoms with Gasteiger partial charge in [0.2, 0.25) is 0 Å². The molecule has 1 aliphatic carbocycles. The number of hydrogen-bond donors (Lipinski definition) is 1. The Hall–Kier alpha value is -0.610. The van der Waals surface area contributed by atoms with Crippen molar-refractivity contribution in [2.45, 2.75) is 50.6 Å². The molecule has 0 spiro atoms. The van der Waals surface area contributed by atoms with E-state index in [-0.39, 0.29) is 5.97 Å². The summed E-state index contributed by atoms with van der Waals surface area (Å²) in [4.78, 5) is 14.2. The van der Waals surface area contributed by atoms with Crippen molar-refractivity contribution in [3.63, 3.8) is 0 Å². The molecule has 0 radical (unpaired) electrons. The Bertz CT molecular complexity index is 287. The number of likely N-dealkylation sites (tertiary alicyclic amines) is 1. The average molecular weight is 240 g/mol.